The lowest BCUT2D eigenvalue weighted by molar-refractivity contribution is -0.116. The van der Waals surface area contributed by atoms with E-state index >= 15 is 0 Å². The van der Waals surface area contributed by atoms with Crippen LogP contribution in [0, 0.1) is 0 Å². The summed E-state index contributed by atoms with van der Waals surface area (Å²) in [6, 6.07) is 11.4. The van der Waals surface area contributed by atoms with E-state index in [2.05, 4.69) is 31.1 Å². The molecule has 0 saturated heterocycles. The number of aromatic nitrogens is 4. The lowest BCUT2D eigenvalue weighted by atomic mass is 10.2. The molecule has 0 aliphatic heterocycles. The van der Waals surface area contributed by atoms with Crippen LogP contribution in [-0.4, -0.2) is 38.5 Å². The predicted octanol–water partition coefficient (Wildman–Crippen LogP) is 1.12. The number of aryl methyl sites for hydroxylation is 1. The van der Waals surface area contributed by atoms with E-state index in [1.54, 1.807) is 36.4 Å². The second-order valence-corrected chi connectivity index (χ2v) is 6.18. The van der Waals surface area contributed by atoms with Crippen LogP contribution in [0.2, 0.25) is 0 Å². The average molecular weight is 380 g/mol. The summed E-state index contributed by atoms with van der Waals surface area (Å²) in [5, 5.41) is 17.6. The molecule has 0 atom stereocenters. The molecule has 146 valence electrons. The van der Waals surface area contributed by atoms with Crippen molar-refractivity contribution in [2.24, 2.45) is 12.0 Å². The summed E-state index contributed by atoms with van der Waals surface area (Å²) in [4.78, 5) is 16.3. The quantitative estimate of drug-likeness (QED) is 0.421. The third kappa shape index (κ3) is 5.44. The standard InChI is InChI=1S/C19H24N8O/c1-20-19(22-13-17-7-9-23-26(17)2)21-12-15-5-3-6-16(11-15)25-18(28)14-27-10-4-8-24-27/h3-11H,12-14H2,1-2H3,(H,25,28)(H2,20,21,22). The Labute approximate surface area is 163 Å². The molecule has 0 fully saturated rings. The summed E-state index contributed by atoms with van der Waals surface area (Å²) in [5.41, 5.74) is 2.83. The minimum absolute atomic E-state index is 0.123. The van der Waals surface area contributed by atoms with Crippen molar-refractivity contribution in [3.8, 4) is 0 Å². The van der Waals surface area contributed by atoms with Crippen LogP contribution < -0.4 is 16.0 Å². The molecule has 3 N–H and O–H groups in total. The van der Waals surface area contributed by atoms with Crippen molar-refractivity contribution in [3.05, 3.63) is 66.2 Å². The third-order valence-electron chi connectivity index (χ3n) is 4.12. The zero-order valence-electron chi connectivity index (χ0n) is 16.0. The van der Waals surface area contributed by atoms with Crippen molar-refractivity contribution < 1.29 is 4.79 Å². The van der Waals surface area contributed by atoms with Gasteiger partial charge in [-0.25, -0.2) is 0 Å². The Kier molecular flexibility index (Phi) is 6.40. The SMILES string of the molecule is CN=C(NCc1cccc(NC(=O)Cn2cccn2)c1)NCc1ccnn1C. The van der Waals surface area contributed by atoms with Crippen LogP contribution in [0.5, 0.6) is 0 Å². The van der Waals surface area contributed by atoms with E-state index in [0.717, 1.165) is 16.9 Å². The molecule has 1 aromatic carbocycles. The summed E-state index contributed by atoms with van der Waals surface area (Å²) < 4.78 is 3.40. The summed E-state index contributed by atoms with van der Waals surface area (Å²) in [6.45, 7) is 1.38. The van der Waals surface area contributed by atoms with Gasteiger partial charge in [0.15, 0.2) is 5.96 Å². The monoisotopic (exact) mass is 380 g/mol. The fourth-order valence-electron chi connectivity index (χ4n) is 2.66. The largest absolute Gasteiger partial charge is 0.352 e. The van der Waals surface area contributed by atoms with Crippen LogP contribution in [0.3, 0.4) is 0 Å². The summed E-state index contributed by atoms with van der Waals surface area (Å²) >= 11 is 0. The summed E-state index contributed by atoms with van der Waals surface area (Å²) in [6.07, 6.45) is 5.16. The molecular formula is C19H24N8O. The second-order valence-electron chi connectivity index (χ2n) is 6.18. The lowest BCUT2D eigenvalue weighted by Gasteiger charge is -2.13. The maximum atomic E-state index is 12.1. The molecule has 9 heteroatoms. The van der Waals surface area contributed by atoms with Gasteiger partial charge in [-0.3, -0.25) is 19.2 Å². The van der Waals surface area contributed by atoms with Gasteiger partial charge in [-0.05, 0) is 29.8 Å². The van der Waals surface area contributed by atoms with Gasteiger partial charge in [-0.1, -0.05) is 12.1 Å². The van der Waals surface area contributed by atoms with Gasteiger partial charge in [0, 0.05) is 44.9 Å². The van der Waals surface area contributed by atoms with E-state index in [1.807, 2.05) is 42.1 Å². The van der Waals surface area contributed by atoms with Crippen molar-refractivity contribution in [2.75, 3.05) is 12.4 Å². The van der Waals surface area contributed by atoms with E-state index < -0.39 is 0 Å². The van der Waals surface area contributed by atoms with E-state index in [0.29, 0.717) is 19.0 Å². The molecule has 0 aliphatic rings. The molecule has 0 saturated carbocycles. The zero-order chi connectivity index (χ0) is 19.8. The first-order chi connectivity index (χ1) is 13.6. The molecule has 9 nitrogen and oxygen atoms in total. The van der Waals surface area contributed by atoms with Gasteiger partial charge >= 0.3 is 0 Å². The smallest absolute Gasteiger partial charge is 0.246 e. The Bertz CT molecular complexity index is 929. The maximum Gasteiger partial charge on any atom is 0.246 e. The number of nitrogens with zero attached hydrogens (tertiary/aromatic N) is 5. The highest BCUT2D eigenvalue weighted by molar-refractivity contribution is 5.90. The maximum absolute atomic E-state index is 12.1. The molecule has 0 aliphatic carbocycles. The highest BCUT2D eigenvalue weighted by atomic mass is 16.2. The topological polar surface area (TPSA) is 101 Å². The fourth-order valence-corrected chi connectivity index (χ4v) is 2.66. The molecule has 0 unspecified atom stereocenters. The number of carbonyl (C=O) groups excluding carboxylic acids is 1. The molecule has 0 radical (unpaired) electrons. The zero-order valence-corrected chi connectivity index (χ0v) is 16.0. The van der Waals surface area contributed by atoms with Gasteiger partial charge in [0.2, 0.25) is 5.91 Å². The minimum atomic E-state index is -0.123. The van der Waals surface area contributed by atoms with Gasteiger partial charge in [-0.2, -0.15) is 10.2 Å². The van der Waals surface area contributed by atoms with Crippen molar-refractivity contribution in [2.45, 2.75) is 19.6 Å². The number of amides is 1. The molecule has 3 aromatic rings. The molecule has 0 bridgehead atoms. The number of guanidine groups is 1. The van der Waals surface area contributed by atoms with Crippen LogP contribution >= 0.6 is 0 Å². The minimum Gasteiger partial charge on any atom is -0.352 e. The third-order valence-corrected chi connectivity index (χ3v) is 4.12. The van der Waals surface area contributed by atoms with Gasteiger partial charge in [0.25, 0.3) is 0 Å². The van der Waals surface area contributed by atoms with Crippen LogP contribution in [0.1, 0.15) is 11.3 Å². The van der Waals surface area contributed by atoms with Crippen molar-refractivity contribution in [1.29, 1.82) is 0 Å². The van der Waals surface area contributed by atoms with Crippen molar-refractivity contribution in [3.63, 3.8) is 0 Å². The van der Waals surface area contributed by atoms with Gasteiger partial charge < -0.3 is 16.0 Å². The van der Waals surface area contributed by atoms with E-state index in [4.69, 9.17) is 0 Å². The number of rotatable bonds is 7. The van der Waals surface area contributed by atoms with Gasteiger partial charge in [-0.15, -0.1) is 0 Å². The Morgan fingerprint density at radius 1 is 1.11 bits per heavy atom. The van der Waals surface area contributed by atoms with Crippen LogP contribution in [0.25, 0.3) is 0 Å². The Morgan fingerprint density at radius 2 is 1.96 bits per heavy atom. The molecule has 28 heavy (non-hydrogen) atoms. The molecule has 2 aromatic heterocycles. The van der Waals surface area contributed by atoms with Gasteiger partial charge in [0.05, 0.1) is 12.2 Å². The van der Waals surface area contributed by atoms with Crippen molar-refractivity contribution in [1.82, 2.24) is 30.2 Å². The molecule has 1 amide bonds. The van der Waals surface area contributed by atoms with Gasteiger partial charge in [0.1, 0.15) is 6.54 Å². The number of anilines is 1. The van der Waals surface area contributed by atoms with E-state index in [1.165, 1.54) is 0 Å². The Morgan fingerprint density at radius 3 is 2.68 bits per heavy atom. The molecular weight excluding hydrogens is 356 g/mol. The number of benzene rings is 1. The number of nitrogens with one attached hydrogen (secondary N) is 3. The number of hydrogen-bond donors (Lipinski definition) is 3. The summed E-state index contributed by atoms with van der Waals surface area (Å²) in [7, 11) is 3.63. The number of carbonyl (C=O) groups is 1. The Balaban J connectivity index is 1.50. The van der Waals surface area contributed by atoms with Crippen LogP contribution in [0.15, 0.2) is 60.0 Å². The fraction of sp³-hybridized carbons (Fsp3) is 0.263. The van der Waals surface area contributed by atoms with E-state index in [-0.39, 0.29) is 12.5 Å². The Hall–Kier alpha value is -3.62. The average Bonchev–Trinajstić information content (AvgIpc) is 3.34. The van der Waals surface area contributed by atoms with Crippen molar-refractivity contribution >= 4 is 17.6 Å². The number of hydrogen-bond acceptors (Lipinski definition) is 4. The lowest BCUT2D eigenvalue weighted by Crippen LogP contribution is -2.36. The first-order valence-corrected chi connectivity index (χ1v) is 8.91. The molecule has 2 heterocycles. The predicted molar refractivity (Wildman–Crippen MR) is 108 cm³/mol. The normalized spacial score (nSPS) is 11.3. The highest BCUT2D eigenvalue weighted by Gasteiger charge is 2.05. The molecule has 0 spiro atoms. The van der Waals surface area contributed by atoms with E-state index in [9.17, 15) is 4.79 Å². The highest BCUT2D eigenvalue weighted by Crippen LogP contribution is 2.10. The van der Waals surface area contributed by atoms with Crippen LogP contribution in [0.4, 0.5) is 5.69 Å². The first kappa shape index (κ1) is 19.2. The first-order valence-electron chi connectivity index (χ1n) is 8.91. The summed E-state index contributed by atoms with van der Waals surface area (Å²) in [5.74, 6) is 0.566. The number of aliphatic imine (C=N–C) groups is 1. The molecule has 3 rings (SSSR count). The second kappa shape index (κ2) is 9.36. The van der Waals surface area contributed by atoms with Crippen LogP contribution in [-0.2, 0) is 31.5 Å².